The Bertz CT molecular complexity index is 900. The largest absolute Gasteiger partial charge is 0.480 e. The molecule has 1 aromatic heterocycles. The van der Waals surface area contributed by atoms with Gasteiger partial charge in [-0.3, -0.25) is 24.2 Å². The van der Waals surface area contributed by atoms with E-state index >= 15 is 0 Å². The van der Waals surface area contributed by atoms with Crippen molar-refractivity contribution in [2.75, 3.05) is 13.1 Å². The van der Waals surface area contributed by atoms with Crippen molar-refractivity contribution in [2.24, 2.45) is 27.9 Å². The van der Waals surface area contributed by atoms with Crippen LogP contribution in [0.1, 0.15) is 31.4 Å². The Labute approximate surface area is 200 Å². The number of nitrogens with one attached hydrogen (secondary N) is 4. The van der Waals surface area contributed by atoms with Crippen molar-refractivity contribution in [1.82, 2.24) is 25.9 Å². The van der Waals surface area contributed by atoms with Crippen LogP contribution in [0.4, 0.5) is 0 Å². The molecule has 194 valence electrons. The van der Waals surface area contributed by atoms with Crippen LogP contribution >= 0.6 is 0 Å². The fraction of sp³-hybridized carbons (Fsp3) is 0.526. The van der Waals surface area contributed by atoms with Crippen molar-refractivity contribution < 1.29 is 29.1 Å². The van der Waals surface area contributed by atoms with Crippen LogP contribution in [0.2, 0.25) is 0 Å². The number of carbonyl (C=O) groups is 5. The first-order valence-corrected chi connectivity index (χ1v) is 10.7. The molecule has 35 heavy (non-hydrogen) atoms. The van der Waals surface area contributed by atoms with Gasteiger partial charge in [0, 0.05) is 31.3 Å². The number of imidazole rings is 1. The molecular weight excluding hydrogens is 464 g/mol. The molecule has 0 aliphatic carbocycles. The molecule has 0 fully saturated rings. The van der Waals surface area contributed by atoms with Crippen LogP contribution in [0, 0.1) is 0 Å². The smallest absolute Gasteiger partial charge is 0.326 e. The molecule has 0 saturated heterocycles. The molecule has 16 heteroatoms. The first-order valence-electron chi connectivity index (χ1n) is 10.7. The van der Waals surface area contributed by atoms with Crippen molar-refractivity contribution >= 4 is 35.6 Å². The topological polar surface area (TPSA) is 287 Å². The summed E-state index contributed by atoms with van der Waals surface area (Å²) in [6.07, 6.45) is 2.95. The zero-order chi connectivity index (χ0) is 26.4. The molecular formula is C19H32N10O6. The van der Waals surface area contributed by atoms with E-state index in [1.807, 2.05) is 0 Å². The number of aliphatic carboxylic acids is 1. The molecule has 4 amide bonds. The quantitative estimate of drug-likeness (QED) is 0.0603. The third kappa shape index (κ3) is 12.0. The number of nitrogens with two attached hydrogens (primary N) is 4. The van der Waals surface area contributed by atoms with Crippen molar-refractivity contribution in [1.29, 1.82) is 0 Å². The zero-order valence-corrected chi connectivity index (χ0v) is 19.0. The normalized spacial score (nSPS) is 13.1. The molecule has 0 spiro atoms. The number of carbonyl (C=O) groups excluding carboxylic acids is 4. The van der Waals surface area contributed by atoms with E-state index in [2.05, 4.69) is 30.9 Å². The van der Waals surface area contributed by atoms with Crippen molar-refractivity contribution in [3.05, 3.63) is 18.2 Å². The van der Waals surface area contributed by atoms with Gasteiger partial charge >= 0.3 is 5.97 Å². The molecule has 0 bridgehead atoms. The van der Waals surface area contributed by atoms with E-state index in [-0.39, 0.29) is 44.6 Å². The van der Waals surface area contributed by atoms with Crippen LogP contribution in [0.5, 0.6) is 0 Å². The molecule has 3 unspecified atom stereocenters. The number of guanidine groups is 1. The van der Waals surface area contributed by atoms with Gasteiger partial charge in [-0.1, -0.05) is 0 Å². The summed E-state index contributed by atoms with van der Waals surface area (Å²) in [5.41, 5.74) is 22.0. The first-order chi connectivity index (χ1) is 16.5. The van der Waals surface area contributed by atoms with Crippen LogP contribution in [0.3, 0.4) is 0 Å². The van der Waals surface area contributed by atoms with Gasteiger partial charge in [0.15, 0.2) is 5.96 Å². The Kier molecular flexibility index (Phi) is 12.2. The number of aromatic nitrogens is 2. The molecule has 0 aliphatic rings. The predicted molar refractivity (Wildman–Crippen MR) is 123 cm³/mol. The lowest BCUT2D eigenvalue weighted by Crippen LogP contribution is -2.54. The van der Waals surface area contributed by atoms with Crippen LogP contribution in [0.15, 0.2) is 17.5 Å². The second-order valence-electron chi connectivity index (χ2n) is 7.58. The van der Waals surface area contributed by atoms with E-state index in [0.717, 1.165) is 0 Å². The van der Waals surface area contributed by atoms with E-state index in [4.69, 9.17) is 22.9 Å². The molecule has 0 aliphatic heterocycles. The number of hydrogen-bond acceptors (Lipinski definition) is 8. The average molecular weight is 497 g/mol. The fourth-order valence-electron chi connectivity index (χ4n) is 2.86. The Morgan fingerprint density at radius 1 is 1.06 bits per heavy atom. The van der Waals surface area contributed by atoms with E-state index in [1.54, 1.807) is 0 Å². The number of aliphatic imine (C=N–C) groups is 1. The number of nitrogens with zero attached hydrogens (tertiary/aromatic N) is 2. The van der Waals surface area contributed by atoms with Crippen LogP contribution < -0.4 is 38.9 Å². The number of rotatable bonds is 16. The third-order valence-electron chi connectivity index (χ3n) is 4.65. The Balaban J connectivity index is 2.66. The first kappa shape index (κ1) is 28.8. The summed E-state index contributed by atoms with van der Waals surface area (Å²) in [7, 11) is 0. The predicted octanol–water partition coefficient (Wildman–Crippen LogP) is -4.23. The maximum atomic E-state index is 12.6. The van der Waals surface area contributed by atoms with Gasteiger partial charge in [0.1, 0.15) is 12.1 Å². The molecule has 3 atom stereocenters. The number of hydrogen-bond donors (Lipinski definition) is 9. The van der Waals surface area contributed by atoms with Crippen molar-refractivity contribution in [3.63, 3.8) is 0 Å². The number of carboxylic acid groups (broad SMARTS) is 1. The molecule has 0 aromatic carbocycles. The minimum atomic E-state index is -1.30. The second kappa shape index (κ2) is 14.8. The highest BCUT2D eigenvalue weighted by Gasteiger charge is 2.27. The highest BCUT2D eigenvalue weighted by Crippen LogP contribution is 2.03. The van der Waals surface area contributed by atoms with E-state index in [1.165, 1.54) is 12.5 Å². The summed E-state index contributed by atoms with van der Waals surface area (Å²) in [6.45, 7) is -0.344. The molecule has 1 heterocycles. The monoisotopic (exact) mass is 496 g/mol. The lowest BCUT2D eigenvalue weighted by molar-refractivity contribution is -0.142. The maximum Gasteiger partial charge on any atom is 0.326 e. The van der Waals surface area contributed by atoms with Gasteiger partial charge in [0.2, 0.25) is 23.6 Å². The molecule has 0 radical (unpaired) electrons. The lowest BCUT2D eigenvalue weighted by atomic mass is 10.1. The summed E-state index contributed by atoms with van der Waals surface area (Å²) in [5, 5.41) is 16.4. The number of H-pyrrole nitrogens is 1. The molecule has 1 rings (SSSR count). The summed E-state index contributed by atoms with van der Waals surface area (Å²) in [4.78, 5) is 70.1. The van der Waals surface area contributed by atoms with E-state index < -0.39 is 54.3 Å². The highest BCUT2D eigenvalue weighted by atomic mass is 16.4. The zero-order valence-electron chi connectivity index (χ0n) is 19.0. The molecule has 1 aromatic rings. The summed E-state index contributed by atoms with van der Waals surface area (Å²) in [6, 6.07) is -3.51. The summed E-state index contributed by atoms with van der Waals surface area (Å²) >= 11 is 0. The van der Waals surface area contributed by atoms with Crippen LogP contribution in [-0.2, 0) is 30.4 Å². The van der Waals surface area contributed by atoms with Crippen molar-refractivity contribution in [3.8, 4) is 0 Å². The Morgan fingerprint density at radius 2 is 1.77 bits per heavy atom. The van der Waals surface area contributed by atoms with Gasteiger partial charge in [0.05, 0.1) is 18.9 Å². The number of aromatic amines is 1. The second-order valence-corrected chi connectivity index (χ2v) is 7.58. The molecule has 0 saturated carbocycles. The third-order valence-corrected chi connectivity index (χ3v) is 4.65. The molecule has 13 N–H and O–H groups in total. The van der Waals surface area contributed by atoms with Gasteiger partial charge in [-0.15, -0.1) is 0 Å². The lowest BCUT2D eigenvalue weighted by Gasteiger charge is -2.21. The van der Waals surface area contributed by atoms with Crippen LogP contribution in [-0.4, -0.2) is 81.8 Å². The summed E-state index contributed by atoms with van der Waals surface area (Å²) in [5.74, 6) is -4.37. The minimum Gasteiger partial charge on any atom is -0.480 e. The average Bonchev–Trinajstić information content (AvgIpc) is 3.29. The molecule has 16 nitrogen and oxygen atoms in total. The van der Waals surface area contributed by atoms with E-state index in [0.29, 0.717) is 5.69 Å². The van der Waals surface area contributed by atoms with Gasteiger partial charge in [-0.05, 0) is 19.3 Å². The summed E-state index contributed by atoms with van der Waals surface area (Å²) < 4.78 is 0. The van der Waals surface area contributed by atoms with E-state index in [9.17, 15) is 29.1 Å². The van der Waals surface area contributed by atoms with Crippen molar-refractivity contribution in [2.45, 2.75) is 50.2 Å². The standard InChI is InChI=1S/C19H32N10O6/c20-11(6-10-7-24-9-27-10)16(32)26-8-15(31)28-12(3-4-14(21)30)17(33)29-13(18(34)35)2-1-5-25-19(22)23/h7,9,11-13H,1-6,8,20H2,(H2,21,30)(H,24,27)(H,26,32)(H,28,31)(H,29,33)(H,34,35)(H4,22,23,25). The Morgan fingerprint density at radius 3 is 2.34 bits per heavy atom. The SMILES string of the molecule is NC(=O)CCC(NC(=O)CNC(=O)C(N)Cc1cnc[nH]1)C(=O)NC(CCCN=C(N)N)C(=O)O. The van der Waals surface area contributed by atoms with Gasteiger partial charge in [-0.25, -0.2) is 9.78 Å². The fourth-order valence-corrected chi connectivity index (χ4v) is 2.86. The Hall–Kier alpha value is -4.21. The number of primary amides is 1. The number of amides is 4. The number of carboxylic acids is 1. The van der Waals surface area contributed by atoms with Gasteiger partial charge in [-0.2, -0.15) is 0 Å². The van der Waals surface area contributed by atoms with Gasteiger partial charge in [0.25, 0.3) is 0 Å². The highest BCUT2D eigenvalue weighted by molar-refractivity contribution is 5.92. The van der Waals surface area contributed by atoms with Crippen LogP contribution in [0.25, 0.3) is 0 Å². The van der Waals surface area contributed by atoms with Gasteiger partial charge < -0.3 is 49.0 Å². The minimum absolute atomic E-state index is 0.0125. The maximum absolute atomic E-state index is 12.6.